The molecule has 6 atom stereocenters. The van der Waals surface area contributed by atoms with E-state index in [-0.39, 0.29) is 11.5 Å². The summed E-state index contributed by atoms with van der Waals surface area (Å²) < 4.78 is 62.3. The molecular weight excluding hydrogens is 620 g/mol. The quantitative estimate of drug-likeness (QED) is 0.0953. The molecule has 1 aliphatic heterocycles. The first-order chi connectivity index (χ1) is 20.7. The maximum absolute atomic E-state index is 12.8. The second-order valence-electron chi connectivity index (χ2n) is 9.24. The Morgan fingerprint density at radius 2 is 2.00 bits per heavy atom. The number of rotatable bonds is 10. The highest BCUT2D eigenvalue weighted by atomic mass is 31.1. The third-order valence-electron chi connectivity index (χ3n) is 6.18. The Kier molecular flexibility index (Phi) is 9.58. The Morgan fingerprint density at radius 1 is 1.27 bits per heavy atom. The number of ether oxygens (including phenoxy) is 3. The van der Waals surface area contributed by atoms with Crippen LogP contribution in [0.15, 0.2) is 68.1 Å². The van der Waals surface area contributed by atoms with Crippen LogP contribution in [0.2, 0.25) is 0 Å². The summed E-state index contributed by atoms with van der Waals surface area (Å²) in [6.45, 7) is -1.63. The number of aliphatic hydroxyl groups excluding tert-OH is 2. The lowest BCUT2D eigenvalue weighted by molar-refractivity contribution is -0.187. The van der Waals surface area contributed by atoms with Crippen molar-refractivity contribution in [1.29, 1.82) is 0 Å². The molecule has 0 bridgehead atoms. The van der Waals surface area contributed by atoms with Crippen molar-refractivity contribution in [3.63, 3.8) is 0 Å². The lowest BCUT2D eigenvalue weighted by atomic mass is 10.1. The van der Waals surface area contributed by atoms with Gasteiger partial charge in [-0.1, -0.05) is 40.2 Å². The van der Waals surface area contributed by atoms with Gasteiger partial charge >= 0.3 is 26.0 Å². The van der Waals surface area contributed by atoms with E-state index >= 15 is 0 Å². The van der Waals surface area contributed by atoms with Gasteiger partial charge in [0.05, 0.1) is 0 Å². The summed E-state index contributed by atoms with van der Waals surface area (Å²) in [5.74, 6) is -1.81. The number of alkyl halides is 3. The van der Waals surface area contributed by atoms with E-state index in [9.17, 15) is 48.2 Å². The molecule has 0 spiro atoms. The number of hydrogen-bond acceptors (Lipinski definition) is 12. The maximum atomic E-state index is 12.8. The number of halogens is 3. The molecule has 3 N–H and O–H groups in total. The molecule has 2 aromatic carbocycles. The number of aromatic nitrogens is 2. The number of carbonyl (C=O) groups excluding carboxylic acids is 1. The summed E-state index contributed by atoms with van der Waals surface area (Å²) in [6, 6.07) is 8.70. The summed E-state index contributed by atoms with van der Waals surface area (Å²) in [6.07, 6.45) is -9.25. The molecule has 1 aromatic heterocycles. The van der Waals surface area contributed by atoms with Gasteiger partial charge in [0, 0.05) is 22.6 Å². The van der Waals surface area contributed by atoms with Crippen LogP contribution in [0.25, 0.3) is 21.2 Å². The second-order valence-corrected chi connectivity index (χ2v) is 10.1. The Morgan fingerprint density at radius 3 is 2.68 bits per heavy atom. The highest BCUT2D eigenvalue weighted by Gasteiger charge is 2.56. The van der Waals surface area contributed by atoms with Crippen molar-refractivity contribution in [3.05, 3.63) is 79.9 Å². The molecule has 16 nitrogen and oxygen atoms in total. The molecule has 1 saturated heterocycles. The molecule has 234 valence electrons. The van der Waals surface area contributed by atoms with E-state index in [4.69, 9.17) is 14.0 Å². The van der Waals surface area contributed by atoms with Crippen LogP contribution in [-0.2, 0) is 14.3 Å². The SMILES string of the molecule is C[C@H](N=[P+]([O-])Oc1c(OC[C@@]2(N=[N+]=[N-])O[C@@H](n3ccc(=O)[nH]c3=O)[C@H](O)[C@@H]2O)ccc2ccccc12)C(=O)OCC(F)(F)F. The van der Waals surface area contributed by atoms with E-state index in [1.165, 1.54) is 12.1 Å². The van der Waals surface area contributed by atoms with E-state index < -0.39 is 75.0 Å². The van der Waals surface area contributed by atoms with Gasteiger partial charge in [-0.05, 0) is 23.9 Å². The van der Waals surface area contributed by atoms with Crippen molar-refractivity contribution in [1.82, 2.24) is 9.55 Å². The van der Waals surface area contributed by atoms with Crippen molar-refractivity contribution < 1.29 is 51.8 Å². The highest BCUT2D eigenvalue weighted by molar-refractivity contribution is 7.34. The minimum Gasteiger partial charge on any atom is -0.575 e. The van der Waals surface area contributed by atoms with Gasteiger partial charge in [0.2, 0.25) is 11.5 Å². The number of aliphatic hydroxyl groups is 2. The molecule has 4 rings (SSSR count). The van der Waals surface area contributed by atoms with Crippen molar-refractivity contribution in [2.75, 3.05) is 13.2 Å². The first-order valence-corrected chi connectivity index (χ1v) is 13.5. The van der Waals surface area contributed by atoms with E-state index in [0.717, 1.165) is 23.8 Å². The van der Waals surface area contributed by atoms with Crippen molar-refractivity contribution in [3.8, 4) is 11.5 Å². The number of carbonyl (C=O) groups is 1. The normalized spacial score (nSPS) is 22.7. The van der Waals surface area contributed by atoms with Gasteiger partial charge in [-0.3, -0.25) is 18.9 Å². The Balaban J connectivity index is 1.63. The van der Waals surface area contributed by atoms with Gasteiger partial charge in [0.15, 0.2) is 24.6 Å². The molecule has 1 unspecified atom stereocenters. The van der Waals surface area contributed by atoms with E-state index in [2.05, 4.69) is 19.5 Å². The molecule has 2 heterocycles. The van der Waals surface area contributed by atoms with Crippen LogP contribution < -0.4 is 25.4 Å². The minimum absolute atomic E-state index is 0.183. The molecule has 0 saturated carbocycles. The lowest BCUT2D eigenvalue weighted by Crippen LogP contribution is -2.46. The molecular formula is C24H22F3N6O10P. The van der Waals surface area contributed by atoms with Crippen LogP contribution >= 0.6 is 8.17 Å². The number of esters is 1. The number of hydrogen-bond donors (Lipinski definition) is 3. The van der Waals surface area contributed by atoms with E-state index in [0.29, 0.717) is 10.8 Å². The van der Waals surface area contributed by atoms with Crippen LogP contribution in [0.3, 0.4) is 0 Å². The second kappa shape index (κ2) is 13.0. The van der Waals surface area contributed by atoms with Crippen LogP contribution in [-0.4, -0.2) is 69.1 Å². The van der Waals surface area contributed by atoms with Gasteiger partial charge in [-0.25, -0.2) is 9.59 Å². The average molecular weight is 642 g/mol. The summed E-state index contributed by atoms with van der Waals surface area (Å²) in [4.78, 5) is 52.9. The largest absolute Gasteiger partial charge is 0.575 e. The third-order valence-corrected chi connectivity index (χ3v) is 7.05. The average Bonchev–Trinajstić information content (AvgIpc) is 3.20. The minimum atomic E-state index is -4.78. The third kappa shape index (κ3) is 7.16. The number of nitrogens with zero attached hydrogens (tertiary/aromatic N) is 5. The van der Waals surface area contributed by atoms with Crippen LogP contribution in [0, 0.1) is 0 Å². The fourth-order valence-electron chi connectivity index (χ4n) is 4.10. The fourth-order valence-corrected chi connectivity index (χ4v) is 4.87. The topological polar surface area (TPSA) is 233 Å². The zero-order valence-electron chi connectivity index (χ0n) is 22.3. The van der Waals surface area contributed by atoms with Crippen molar-refractivity contribution in [2.24, 2.45) is 9.86 Å². The Hall–Kier alpha value is -4.51. The number of nitrogens with one attached hydrogen (secondary N) is 1. The number of azide groups is 1. The molecule has 1 aliphatic rings. The number of H-pyrrole nitrogens is 1. The predicted octanol–water partition coefficient (Wildman–Crippen LogP) is 1.75. The molecule has 1 fully saturated rings. The van der Waals surface area contributed by atoms with Crippen molar-refractivity contribution in [2.45, 2.75) is 43.3 Å². The van der Waals surface area contributed by atoms with E-state index in [1.807, 2.05) is 4.98 Å². The molecule has 44 heavy (non-hydrogen) atoms. The summed E-state index contributed by atoms with van der Waals surface area (Å²) in [5, 5.41) is 25.8. The smallest absolute Gasteiger partial charge is 0.422 e. The van der Waals surface area contributed by atoms with Gasteiger partial charge in [0.25, 0.3) is 5.56 Å². The molecule has 20 heteroatoms. The van der Waals surface area contributed by atoms with Crippen LogP contribution in [0.4, 0.5) is 13.2 Å². The predicted molar refractivity (Wildman–Crippen MR) is 141 cm³/mol. The zero-order chi connectivity index (χ0) is 32.2. The fraction of sp³-hybridized carbons (Fsp3) is 0.375. The number of aromatic amines is 1. The number of benzene rings is 2. The summed E-state index contributed by atoms with van der Waals surface area (Å²) >= 11 is 0. The molecule has 0 amide bonds. The molecule has 0 aliphatic carbocycles. The van der Waals surface area contributed by atoms with Gasteiger partial charge in [-0.15, -0.1) is 0 Å². The van der Waals surface area contributed by atoms with Crippen LogP contribution in [0.1, 0.15) is 13.2 Å². The monoisotopic (exact) mass is 642 g/mol. The summed E-state index contributed by atoms with van der Waals surface area (Å²) in [7, 11) is -3.11. The standard InChI is InChI=1S/C24H22F3N6O10P/c1-12(21(37)41-11-24(25,26)27)30-44(39)43-18-14-5-3-2-4-13(14)6-7-15(18)40-10-23(31-32-28)19(36)17(35)20(42-23)33-9-8-16(34)29-22(33)38/h2-9,12,17,19-20,35-36H,10-11H2,1H3,(H,29,34,38)/t12-,17+,19-,20+,23+/m0/s1. The van der Waals surface area contributed by atoms with Gasteiger partial charge in [-0.2, -0.15) is 13.2 Å². The Labute approximate surface area is 244 Å². The van der Waals surface area contributed by atoms with E-state index in [1.54, 1.807) is 24.3 Å². The van der Waals surface area contributed by atoms with Crippen molar-refractivity contribution >= 4 is 24.9 Å². The first kappa shape index (κ1) is 32.4. The first-order valence-electron chi connectivity index (χ1n) is 12.4. The summed E-state index contributed by atoms with van der Waals surface area (Å²) in [5.41, 5.74) is 5.11. The lowest BCUT2D eigenvalue weighted by Gasteiger charge is -2.27. The van der Waals surface area contributed by atoms with Crippen LogP contribution in [0.5, 0.6) is 11.5 Å². The maximum Gasteiger partial charge on any atom is 0.422 e. The molecule has 0 radical (unpaired) electrons. The van der Waals surface area contributed by atoms with Gasteiger partial charge in [0.1, 0.15) is 18.8 Å². The number of fused-ring (bicyclic) bond motifs is 1. The molecule has 3 aromatic rings. The van der Waals surface area contributed by atoms with Gasteiger partial charge < -0.3 is 29.3 Å². The zero-order valence-corrected chi connectivity index (χ0v) is 23.2. The Bertz CT molecular complexity index is 1740. The highest BCUT2D eigenvalue weighted by Crippen LogP contribution is 2.43.